The minimum atomic E-state index is -0.510. The summed E-state index contributed by atoms with van der Waals surface area (Å²) in [5.74, 6) is 1.49. The monoisotopic (exact) mass is 426 g/mol. The summed E-state index contributed by atoms with van der Waals surface area (Å²) in [7, 11) is 3.12. The molecule has 2 amide bonds. The van der Waals surface area contributed by atoms with Crippen molar-refractivity contribution in [2.75, 3.05) is 27.2 Å². The highest BCUT2D eigenvalue weighted by atomic mass is 16.6. The predicted molar refractivity (Wildman–Crippen MR) is 118 cm³/mol. The van der Waals surface area contributed by atoms with Gasteiger partial charge in [0.15, 0.2) is 11.5 Å². The summed E-state index contributed by atoms with van der Waals surface area (Å²) >= 11 is 0. The first kappa shape index (κ1) is 22.5. The van der Waals surface area contributed by atoms with E-state index in [1.54, 1.807) is 30.1 Å². The van der Waals surface area contributed by atoms with E-state index in [0.29, 0.717) is 35.9 Å². The average molecular weight is 427 g/mol. The minimum absolute atomic E-state index is 0.190. The summed E-state index contributed by atoms with van der Waals surface area (Å²) in [4.78, 5) is 26.0. The molecular weight excluding hydrogens is 396 g/mol. The summed E-state index contributed by atoms with van der Waals surface area (Å²) in [5.41, 5.74) is 2.32. The van der Waals surface area contributed by atoms with Gasteiger partial charge in [-0.15, -0.1) is 0 Å². The Hall–Kier alpha value is -3.22. The second-order valence-corrected chi connectivity index (χ2v) is 8.44. The Labute approximate surface area is 183 Å². The number of fused-ring (bicyclic) bond motifs is 1. The number of hydrogen-bond donors (Lipinski definition) is 1. The van der Waals surface area contributed by atoms with E-state index >= 15 is 0 Å². The molecule has 0 saturated heterocycles. The molecule has 0 unspecified atom stereocenters. The fraction of sp³-hybridized carbons (Fsp3) is 0.417. The van der Waals surface area contributed by atoms with Crippen molar-refractivity contribution in [3.8, 4) is 17.2 Å². The highest BCUT2D eigenvalue weighted by Gasteiger charge is 2.24. The Morgan fingerprint density at radius 2 is 1.68 bits per heavy atom. The molecule has 0 bridgehead atoms. The van der Waals surface area contributed by atoms with Crippen LogP contribution in [0.15, 0.2) is 36.4 Å². The van der Waals surface area contributed by atoms with Crippen LogP contribution in [0.3, 0.4) is 0 Å². The summed E-state index contributed by atoms with van der Waals surface area (Å²) in [6, 6.07) is 11.0. The SMILES string of the molecule is CNC(=O)c1ccc(Oc2ccc3c(c2)CCN(C(=O)OC(C)(C)C)CC3)c(OC)c1. The molecule has 0 spiro atoms. The molecule has 0 aliphatic carbocycles. The zero-order chi connectivity index (χ0) is 22.6. The Kier molecular flexibility index (Phi) is 6.73. The molecule has 0 radical (unpaired) electrons. The third-order valence-corrected chi connectivity index (χ3v) is 5.01. The second-order valence-electron chi connectivity index (χ2n) is 8.44. The fourth-order valence-electron chi connectivity index (χ4n) is 3.44. The maximum Gasteiger partial charge on any atom is 0.410 e. The molecule has 7 heteroatoms. The molecule has 7 nitrogen and oxygen atoms in total. The molecule has 1 aliphatic rings. The second kappa shape index (κ2) is 9.29. The molecule has 0 saturated carbocycles. The van der Waals surface area contributed by atoms with E-state index in [1.165, 1.54) is 12.7 Å². The first-order chi connectivity index (χ1) is 14.7. The number of nitrogens with one attached hydrogen (secondary N) is 1. The highest BCUT2D eigenvalue weighted by Crippen LogP contribution is 2.33. The predicted octanol–water partition coefficient (Wildman–Crippen LogP) is 4.18. The van der Waals surface area contributed by atoms with Crippen molar-refractivity contribution >= 4 is 12.0 Å². The van der Waals surface area contributed by atoms with Gasteiger partial charge >= 0.3 is 6.09 Å². The number of carbonyl (C=O) groups is 2. The van der Waals surface area contributed by atoms with Crippen LogP contribution >= 0.6 is 0 Å². The highest BCUT2D eigenvalue weighted by molar-refractivity contribution is 5.94. The van der Waals surface area contributed by atoms with Gasteiger partial charge in [-0.2, -0.15) is 0 Å². The van der Waals surface area contributed by atoms with Gasteiger partial charge in [-0.1, -0.05) is 6.07 Å². The van der Waals surface area contributed by atoms with Crippen LogP contribution in [0.2, 0.25) is 0 Å². The Morgan fingerprint density at radius 1 is 0.968 bits per heavy atom. The van der Waals surface area contributed by atoms with Crippen molar-refractivity contribution < 1.29 is 23.8 Å². The van der Waals surface area contributed by atoms with Crippen LogP contribution in [-0.2, 0) is 17.6 Å². The molecule has 3 rings (SSSR count). The van der Waals surface area contributed by atoms with E-state index in [0.717, 1.165) is 18.4 Å². The average Bonchev–Trinajstić information content (AvgIpc) is 2.94. The van der Waals surface area contributed by atoms with Gasteiger partial charge in [0.1, 0.15) is 11.4 Å². The van der Waals surface area contributed by atoms with E-state index in [2.05, 4.69) is 5.32 Å². The number of carbonyl (C=O) groups excluding carboxylic acids is 2. The first-order valence-corrected chi connectivity index (χ1v) is 10.4. The molecular formula is C24H30N2O5. The number of rotatable bonds is 4. The van der Waals surface area contributed by atoms with Crippen LogP contribution in [0.1, 0.15) is 42.3 Å². The van der Waals surface area contributed by atoms with Crippen LogP contribution < -0.4 is 14.8 Å². The lowest BCUT2D eigenvalue weighted by molar-refractivity contribution is 0.0258. The van der Waals surface area contributed by atoms with Crippen molar-refractivity contribution in [3.05, 3.63) is 53.1 Å². The van der Waals surface area contributed by atoms with Crippen LogP contribution in [-0.4, -0.2) is 49.7 Å². The molecule has 2 aromatic carbocycles. The lowest BCUT2D eigenvalue weighted by Gasteiger charge is -2.26. The molecule has 31 heavy (non-hydrogen) atoms. The molecule has 0 atom stereocenters. The lowest BCUT2D eigenvalue weighted by atomic mass is 10.0. The van der Waals surface area contributed by atoms with Crippen molar-refractivity contribution in [1.82, 2.24) is 10.2 Å². The largest absolute Gasteiger partial charge is 0.493 e. The molecule has 166 valence electrons. The van der Waals surface area contributed by atoms with Crippen LogP contribution in [0.5, 0.6) is 17.2 Å². The number of hydrogen-bond acceptors (Lipinski definition) is 5. The van der Waals surface area contributed by atoms with E-state index < -0.39 is 5.60 Å². The number of amides is 2. The zero-order valence-corrected chi connectivity index (χ0v) is 18.8. The molecule has 0 aromatic heterocycles. The quantitative estimate of drug-likeness (QED) is 0.794. The van der Waals surface area contributed by atoms with Crippen molar-refractivity contribution in [2.24, 2.45) is 0 Å². The number of nitrogens with zero attached hydrogens (tertiary/aromatic N) is 1. The van der Waals surface area contributed by atoms with Crippen molar-refractivity contribution in [2.45, 2.75) is 39.2 Å². The standard InChI is InChI=1S/C24H30N2O5/c1-24(2,3)31-23(28)26-12-10-16-6-8-19(14-17(16)11-13-26)30-20-9-7-18(22(27)25-4)15-21(20)29-5/h6-9,14-15H,10-13H2,1-5H3,(H,25,27). The smallest absolute Gasteiger partial charge is 0.410 e. The summed E-state index contributed by atoms with van der Waals surface area (Å²) in [6.07, 6.45) is 1.20. The first-order valence-electron chi connectivity index (χ1n) is 10.4. The summed E-state index contributed by atoms with van der Waals surface area (Å²) in [6.45, 7) is 6.83. The van der Waals surface area contributed by atoms with Crippen LogP contribution in [0.25, 0.3) is 0 Å². The zero-order valence-electron chi connectivity index (χ0n) is 18.8. The maximum absolute atomic E-state index is 12.4. The van der Waals surface area contributed by atoms with Crippen molar-refractivity contribution in [1.29, 1.82) is 0 Å². The Bertz CT molecular complexity index is 965. The van der Waals surface area contributed by atoms with Gasteiger partial charge in [0.05, 0.1) is 7.11 Å². The van der Waals surface area contributed by atoms with Crippen LogP contribution in [0, 0.1) is 0 Å². The van der Waals surface area contributed by atoms with Gasteiger partial charge in [0, 0.05) is 25.7 Å². The lowest BCUT2D eigenvalue weighted by Crippen LogP contribution is -2.38. The van der Waals surface area contributed by atoms with Gasteiger partial charge in [-0.3, -0.25) is 4.79 Å². The third kappa shape index (κ3) is 5.69. The topological polar surface area (TPSA) is 77.1 Å². The molecule has 0 fully saturated rings. The normalized spacial score (nSPS) is 13.6. The van der Waals surface area contributed by atoms with Gasteiger partial charge < -0.3 is 24.4 Å². The minimum Gasteiger partial charge on any atom is -0.493 e. The molecule has 1 heterocycles. The Morgan fingerprint density at radius 3 is 2.32 bits per heavy atom. The van der Waals surface area contributed by atoms with E-state index in [9.17, 15) is 9.59 Å². The molecule has 2 aromatic rings. The van der Waals surface area contributed by atoms with Gasteiger partial charge in [-0.05, 0) is 75.1 Å². The number of benzene rings is 2. The van der Waals surface area contributed by atoms with Crippen molar-refractivity contribution in [3.63, 3.8) is 0 Å². The van der Waals surface area contributed by atoms with E-state index in [1.807, 2.05) is 39.0 Å². The number of methoxy groups -OCH3 is 1. The Balaban J connectivity index is 1.74. The van der Waals surface area contributed by atoms with E-state index in [-0.39, 0.29) is 12.0 Å². The summed E-state index contributed by atoms with van der Waals surface area (Å²) in [5, 5.41) is 2.59. The fourth-order valence-corrected chi connectivity index (χ4v) is 3.44. The summed E-state index contributed by atoms with van der Waals surface area (Å²) < 4.78 is 17.0. The van der Waals surface area contributed by atoms with E-state index in [4.69, 9.17) is 14.2 Å². The van der Waals surface area contributed by atoms with Gasteiger partial charge in [0.2, 0.25) is 0 Å². The van der Waals surface area contributed by atoms with Crippen LogP contribution in [0.4, 0.5) is 4.79 Å². The molecule has 1 aliphatic heterocycles. The maximum atomic E-state index is 12.4. The van der Waals surface area contributed by atoms with Gasteiger partial charge in [0.25, 0.3) is 5.91 Å². The third-order valence-electron chi connectivity index (χ3n) is 5.01. The van der Waals surface area contributed by atoms with Gasteiger partial charge in [-0.25, -0.2) is 4.79 Å². The molecule has 1 N–H and O–H groups in total. The number of ether oxygens (including phenoxy) is 3.